The molecular formula is C31H28N2O6. The predicted molar refractivity (Wildman–Crippen MR) is 148 cm³/mol. The molecule has 0 heterocycles. The SMILES string of the molecule is CCOc1cc(/C=N/NC(=O)c2ccc(OCc3ccccc3)cc2)ccc1OC(=O)c1cccc(OC)c1. The standard InChI is InChI=1S/C31H28N2O6/c1-3-37-29-18-23(12-17-28(29)39-31(35)25-10-7-11-27(19-25)36-2)20-32-33-30(34)24-13-15-26(16-14-24)38-21-22-8-5-4-6-9-22/h4-20H,3,21H2,1-2H3,(H,33,34)/b32-20+. The molecule has 8 nitrogen and oxygen atoms in total. The van der Waals surface area contributed by atoms with Gasteiger partial charge in [0.25, 0.3) is 5.91 Å². The number of ether oxygens (including phenoxy) is 4. The highest BCUT2D eigenvalue weighted by molar-refractivity contribution is 5.95. The van der Waals surface area contributed by atoms with Crippen molar-refractivity contribution in [3.05, 3.63) is 119 Å². The van der Waals surface area contributed by atoms with Gasteiger partial charge in [-0.05, 0) is 78.7 Å². The Balaban J connectivity index is 1.35. The molecule has 0 bridgehead atoms. The predicted octanol–water partition coefficient (Wildman–Crippen LogP) is 5.66. The van der Waals surface area contributed by atoms with Crippen LogP contribution in [-0.4, -0.2) is 31.8 Å². The fourth-order valence-corrected chi connectivity index (χ4v) is 3.54. The quantitative estimate of drug-likeness (QED) is 0.118. The third-order valence-corrected chi connectivity index (χ3v) is 5.52. The first-order valence-electron chi connectivity index (χ1n) is 12.3. The number of benzene rings is 4. The molecule has 4 aromatic carbocycles. The first kappa shape index (κ1) is 26.9. The molecule has 1 amide bonds. The average molecular weight is 525 g/mol. The molecule has 0 fully saturated rings. The molecule has 0 unspecified atom stereocenters. The Bertz CT molecular complexity index is 1440. The summed E-state index contributed by atoms with van der Waals surface area (Å²) >= 11 is 0. The van der Waals surface area contributed by atoms with Crippen LogP contribution in [0.2, 0.25) is 0 Å². The molecule has 0 aromatic heterocycles. The summed E-state index contributed by atoms with van der Waals surface area (Å²) in [6.07, 6.45) is 1.48. The van der Waals surface area contributed by atoms with E-state index in [1.165, 1.54) is 13.3 Å². The third kappa shape index (κ3) is 7.69. The zero-order valence-electron chi connectivity index (χ0n) is 21.6. The van der Waals surface area contributed by atoms with Gasteiger partial charge in [-0.2, -0.15) is 5.10 Å². The van der Waals surface area contributed by atoms with Crippen LogP contribution in [0.25, 0.3) is 0 Å². The zero-order valence-corrected chi connectivity index (χ0v) is 21.6. The van der Waals surface area contributed by atoms with Crippen molar-refractivity contribution in [2.45, 2.75) is 13.5 Å². The molecule has 8 heteroatoms. The minimum atomic E-state index is -0.542. The average Bonchev–Trinajstić information content (AvgIpc) is 2.98. The van der Waals surface area contributed by atoms with Crippen LogP contribution in [-0.2, 0) is 6.61 Å². The Morgan fingerprint density at radius 1 is 0.795 bits per heavy atom. The molecule has 0 saturated carbocycles. The Morgan fingerprint density at radius 3 is 2.33 bits per heavy atom. The highest BCUT2D eigenvalue weighted by Crippen LogP contribution is 2.29. The summed E-state index contributed by atoms with van der Waals surface area (Å²) in [4.78, 5) is 25.1. The maximum Gasteiger partial charge on any atom is 0.343 e. The number of methoxy groups -OCH3 is 1. The zero-order chi connectivity index (χ0) is 27.5. The summed E-state index contributed by atoms with van der Waals surface area (Å²) in [6, 6.07) is 28.3. The number of hydrogen-bond donors (Lipinski definition) is 1. The second kappa shape index (κ2) is 13.4. The van der Waals surface area contributed by atoms with Crippen molar-refractivity contribution in [2.24, 2.45) is 5.10 Å². The number of amides is 1. The Kier molecular flexibility index (Phi) is 9.28. The van der Waals surface area contributed by atoms with Gasteiger partial charge in [-0.25, -0.2) is 10.2 Å². The van der Waals surface area contributed by atoms with Crippen molar-refractivity contribution < 1.29 is 28.5 Å². The number of esters is 1. The Hall–Kier alpha value is -5.11. The molecule has 39 heavy (non-hydrogen) atoms. The fraction of sp³-hybridized carbons (Fsp3) is 0.129. The van der Waals surface area contributed by atoms with E-state index in [1.807, 2.05) is 37.3 Å². The summed E-state index contributed by atoms with van der Waals surface area (Å²) in [7, 11) is 1.53. The number of carbonyl (C=O) groups is 2. The summed E-state index contributed by atoms with van der Waals surface area (Å²) in [6.45, 7) is 2.64. The van der Waals surface area contributed by atoms with Crippen LogP contribution in [0.5, 0.6) is 23.0 Å². The first-order valence-corrected chi connectivity index (χ1v) is 12.3. The van der Waals surface area contributed by atoms with Crippen LogP contribution in [0.4, 0.5) is 0 Å². The molecule has 0 aliphatic heterocycles. The van der Waals surface area contributed by atoms with Gasteiger partial charge in [0.05, 0.1) is 25.5 Å². The lowest BCUT2D eigenvalue weighted by atomic mass is 10.2. The number of nitrogens with one attached hydrogen (secondary N) is 1. The van der Waals surface area contributed by atoms with Crippen molar-refractivity contribution in [1.29, 1.82) is 0 Å². The van der Waals surface area contributed by atoms with E-state index in [-0.39, 0.29) is 11.7 Å². The number of carbonyl (C=O) groups excluding carboxylic acids is 2. The van der Waals surface area contributed by atoms with Gasteiger partial charge in [0.15, 0.2) is 11.5 Å². The van der Waals surface area contributed by atoms with E-state index >= 15 is 0 Å². The first-order chi connectivity index (χ1) is 19.1. The van der Waals surface area contributed by atoms with Gasteiger partial charge in [-0.3, -0.25) is 4.79 Å². The van der Waals surface area contributed by atoms with E-state index in [0.29, 0.717) is 47.2 Å². The van der Waals surface area contributed by atoms with Crippen LogP contribution in [0, 0.1) is 0 Å². The number of hydrogen-bond acceptors (Lipinski definition) is 7. The largest absolute Gasteiger partial charge is 0.497 e. The minimum Gasteiger partial charge on any atom is -0.497 e. The lowest BCUT2D eigenvalue weighted by Gasteiger charge is -2.11. The lowest BCUT2D eigenvalue weighted by molar-refractivity contribution is 0.0727. The van der Waals surface area contributed by atoms with Crippen LogP contribution < -0.4 is 24.4 Å². The molecule has 198 valence electrons. The van der Waals surface area contributed by atoms with E-state index in [2.05, 4.69) is 10.5 Å². The molecule has 1 N–H and O–H groups in total. The molecule has 0 spiro atoms. The van der Waals surface area contributed by atoms with Crippen molar-refractivity contribution in [1.82, 2.24) is 5.43 Å². The van der Waals surface area contributed by atoms with Gasteiger partial charge in [0.2, 0.25) is 0 Å². The summed E-state index contributed by atoms with van der Waals surface area (Å²) in [5, 5.41) is 4.04. The molecule has 0 radical (unpaired) electrons. The van der Waals surface area contributed by atoms with Crippen molar-refractivity contribution >= 4 is 18.1 Å². The maximum atomic E-state index is 12.6. The van der Waals surface area contributed by atoms with Crippen LogP contribution in [0.1, 0.15) is 38.8 Å². The van der Waals surface area contributed by atoms with Gasteiger partial charge in [-0.15, -0.1) is 0 Å². The summed E-state index contributed by atoms with van der Waals surface area (Å²) in [5.74, 6) is 0.940. The fourth-order valence-electron chi connectivity index (χ4n) is 3.54. The van der Waals surface area contributed by atoms with Gasteiger partial charge >= 0.3 is 5.97 Å². The second-order valence-corrected chi connectivity index (χ2v) is 8.26. The van der Waals surface area contributed by atoms with E-state index < -0.39 is 5.97 Å². The van der Waals surface area contributed by atoms with Crippen molar-refractivity contribution in [2.75, 3.05) is 13.7 Å². The van der Waals surface area contributed by atoms with E-state index in [0.717, 1.165) is 5.56 Å². The van der Waals surface area contributed by atoms with Gasteiger partial charge in [-0.1, -0.05) is 36.4 Å². The molecular weight excluding hydrogens is 496 g/mol. The van der Waals surface area contributed by atoms with Crippen molar-refractivity contribution in [3.8, 4) is 23.0 Å². The van der Waals surface area contributed by atoms with Gasteiger partial charge < -0.3 is 18.9 Å². The summed E-state index contributed by atoms with van der Waals surface area (Å²) in [5.41, 5.74) is 5.00. The normalized spacial score (nSPS) is 10.6. The second-order valence-electron chi connectivity index (χ2n) is 8.26. The maximum absolute atomic E-state index is 12.6. The van der Waals surface area contributed by atoms with Gasteiger partial charge in [0, 0.05) is 5.56 Å². The molecule has 4 rings (SSSR count). The minimum absolute atomic E-state index is 0.264. The number of hydrazone groups is 1. The smallest absolute Gasteiger partial charge is 0.343 e. The Labute approximate surface area is 226 Å². The Morgan fingerprint density at radius 2 is 1.59 bits per heavy atom. The molecule has 0 saturated heterocycles. The number of rotatable bonds is 11. The van der Waals surface area contributed by atoms with Crippen LogP contribution in [0.3, 0.4) is 0 Å². The number of nitrogens with zero attached hydrogens (tertiary/aromatic N) is 1. The van der Waals surface area contributed by atoms with Crippen LogP contribution in [0.15, 0.2) is 102 Å². The highest BCUT2D eigenvalue weighted by atomic mass is 16.6. The lowest BCUT2D eigenvalue weighted by Crippen LogP contribution is -2.17. The topological polar surface area (TPSA) is 95.5 Å². The van der Waals surface area contributed by atoms with Gasteiger partial charge in [0.1, 0.15) is 18.1 Å². The molecule has 0 aliphatic carbocycles. The van der Waals surface area contributed by atoms with Crippen molar-refractivity contribution in [3.63, 3.8) is 0 Å². The van der Waals surface area contributed by atoms with E-state index in [1.54, 1.807) is 66.7 Å². The highest BCUT2D eigenvalue weighted by Gasteiger charge is 2.14. The molecule has 4 aromatic rings. The van der Waals surface area contributed by atoms with E-state index in [4.69, 9.17) is 18.9 Å². The third-order valence-electron chi connectivity index (χ3n) is 5.52. The monoisotopic (exact) mass is 524 g/mol. The molecule has 0 atom stereocenters. The summed E-state index contributed by atoms with van der Waals surface area (Å²) < 4.78 is 22.1. The van der Waals surface area contributed by atoms with E-state index in [9.17, 15) is 9.59 Å². The molecule has 0 aliphatic rings. The van der Waals surface area contributed by atoms with Crippen LogP contribution >= 0.6 is 0 Å².